The van der Waals surface area contributed by atoms with Gasteiger partial charge in [-0.25, -0.2) is 19.2 Å². The Labute approximate surface area is 291 Å². The van der Waals surface area contributed by atoms with E-state index in [9.17, 15) is 19.2 Å². The Balaban J connectivity index is 0.000000348. The lowest BCUT2D eigenvalue weighted by Crippen LogP contribution is -2.14. The lowest BCUT2D eigenvalue weighted by molar-refractivity contribution is -0.0171. The van der Waals surface area contributed by atoms with Gasteiger partial charge < -0.3 is 54.2 Å². The highest BCUT2D eigenvalue weighted by atomic mass is 16.6. The highest BCUT2D eigenvalue weighted by molar-refractivity contribution is 5.96. The Hall–Kier alpha value is -4.12. The summed E-state index contributed by atoms with van der Waals surface area (Å²) in [5.74, 6) is -5.21. The lowest BCUT2D eigenvalue weighted by Gasteiger charge is -2.10. The van der Waals surface area contributed by atoms with Crippen molar-refractivity contribution in [1.82, 2.24) is 0 Å². The second-order valence-corrected chi connectivity index (χ2v) is 11.1. The quantitative estimate of drug-likeness (QED) is 0.267. The molecule has 0 spiro atoms. The third kappa shape index (κ3) is 19.2. The van der Waals surface area contributed by atoms with E-state index in [-0.39, 0.29) is 34.5 Å². The van der Waals surface area contributed by atoms with Gasteiger partial charge in [-0.1, -0.05) is 25.7 Å². The minimum Gasteiger partial charge on any atom is -0.478 e. The van der Waals surface area contributed by atoms with E-state index in [2.05, 4.69) is 5.32 Å². The van der Waals surface area contributed by atoms with Crippen LogP contribution in [0.1, 0.15) is 85.5 Å². The number of hydrogen-bond acceptors (Lipinski definition) is 11. The summed E-state index contributed by atoms with van der Waals surface area (Å²) >= 11 is 0. The Morgan fingerprint density at radius 3 is 1.02 bits per heavy atom. The molecule has 0 radical (unpaired) electrons. The summed E-state index contributed by atoms with van der Waals surface area (Å²) in [4.78, 5) is 44.4. The molecule has 1 saturated heterocycles. The number of rotatable bonds is 7. The van der Waals surface area contributed by atoms with Gasteiger partial charge in [0.2, 0.25) is 0 Å². The number of aromatic carboxylic acids is 4. The molecule has 50 heavy (non-hydrogen) atoms. The van der Waals surface area contributed by atoms with Gasteiger partial charge in [-0.15, -0.1) is 0 Å². The molecule has 1 aliphatic heterocycles. The fourth-order valence-corrected chi connectivity index (χ4v) is 4.54. The topological polar surface area (TPSA) is 217 Å². The van der Waals surface area contributed by atoms with Crippen LogP contribution in [-0.4, -0.2) is 124 Å². The van der Waals surface area contributed by atoms with E-state index in [1.807, 2.05) is 0 Å². The van der Waals surface area contributed by atoms with Gasteiger partial charge >= 0.3 is 23.9 Å². The SMILES string of the molecule is C1CCCCOCCOCCOCCOCCOCCOCCC1.O=C(O)c1cc(CNc2cc(C(=O)O)cc(C(=O)O)c2)cc(C(=O)O)c1. The summed E-state index contributed by atoms with van der Waals surface area (Å²) in [7, 11) is 0. The zero-order valence-corrected chi connectivity index (χ0v) is 28.3. The number of carboxylic acid groups (broad SMARTS) is 4. The molecule has 5 N–H and O–H groups in total. The van der Waals surface area contributed by atoms with Crippen molar-refractivity contribution in [2.24, 2.45) is 0 Å². The van der Waals surface area contributed by atoms with Crippen molar-refractivity contribution in [2.45, 2.75) is 45.1 Å². The molecule has 0 aliphatic carbocycles. The van der Waals surface area contributed by atoms with Crippen LogP contribution in [0.5, 0.6) is 0 Å². The fourth-order valence-electron chi connectivity index (χ4n) is 4.54. The number of carbonyl (C=O) groups is 4. The molecule has 0 aromatic heterocycles. The third-order valence-corrected chi connectivity index (χ3v) is 7.10. The molecule has 1 fully saturated rings. The predicted molar refractivity (Wildman–Crippen MR) is 181 cm³/mol. The van der Waals surface area contributed by atoms with E-state index in [0.29, 0.717) is 71.6 Å². The molecule has 1 aliphatic rings. The number of hydrogen-bond donors (Lipinski definition) is 5. The highest BCUT2D eigenvalue weighted by Gasteiger charge is 2.14. The molecular formula is C35H49NO14. The first-order valence-electron chi connectivity index (χ1n) is 16.6. The van der Waals surface area contributed by atoms with E-state index in [4.69, 9.17) is 48.8 Å². The van der Waals surface area contributed by atoms with Gasteiger partial charge in [0.1, 0.15) is 0 Å². The number of carboxylic acids is 4. The number of anilines is 1. The molecule has 278 valence electrons. The summed E-state index contributed by atoms with van der Waals surface area (Å²) in [6.07, 6.45) is 7.31. The Bertz CT molecular complexity index is 1070. The van der Waals surface area contributed by atoms with Crippen LogP contribution in [0.15, 0.2) is 36.4 Å². The summed E-state index contributed by atoms with van der Waals surface area (Å²) < 4.78 is 32.8. The van der Waals surface area contributed by atoms with Crippen LogP contribution >= 0.6 is 0 Å². The highest BCUT2D eigenvalue weighted by Crippen LogP contribution is 2.18. The van der Waals surface area contributed by atoms with Crippen molar-refractivity contribution in [3.05, 3.63) is 64.2 Å². The Morgan fingerprint density at radius 1 is 0.420 bits per heavy atom. The average Bonchev–Trinajstić information content (AvgIpc) is 3.09. The van der Waals surface area contributed by atoms with Gasteiger partial charge in [0.15, 0.2) is 0 Å². The lowest BCUT2D eigenvalue weighted by atomic mass is 10.0. The maximum absolute atomic E-state index is 11.1. The van der Waals surface area contributed by atoms with Crippen molar-refractivity contribution >= 4 is 29.6 Å². The van der Waals surface area contributed by atoms with E-state index < -0.39 is 23.9 Å². The van der Waals surface area contributed by atoms with Gasteiger partial charge in [0, 0.05) is 25.4 Å². The maximum atomic E-state index is 11.1. The normalized spacial score (nSPS) is 16.8. The summed E-state index contributed by atoms with van der Waals surface area (Å²) in [6, 6.07) is 6.98. The summed E-state index contributed by atoms with van der Waals surface area (Å²) in [5.41, 5.74) is -0.407. The van der Waals surface area contributed by atoms with Crippen molar-refractivity contribution in [1.29, 1.82) is 0 Å². The largest absolute Gasteiger partial charge is 0.478 e. The van der Waals surface area contributed by atoms with Crippen LogP contribution < -0.4 is 5.32 Å². The van der Waals surface area contributed by atoms with Crippen LogP contribution in [0.4, 0.5) is 5.69 Å². The molecule has 0 amide bonds. The van der Waals surface area contributed by atoms with Crippen molar-refractivity contribution < 1.29 is 68.0 Å². The zero-order chi connectivity index (χ0) is 36.4. The van der Waals surface area contributed by atoms with Gasteiger partial charge in [-0.3, -0.25) is 0 Å². The predicted octanol–water partition coefficient (Wildman–Crippen LogP) is 4.53. The molecule has 0 atom stereocenters. The van der Waals surface area contributed by atoms with Crippen molar-refractivity contribution in [2.75, 3.05) is 84.6 Å². The molecular weight excluding hydrogens is 658 g/mol. The molecule has 1 heterocycles. The van der Waals surface area contributed by atoms with Crippen LogP contribution in [0.3, 0.4) is 0 Å². The number of ether oxygens (including phenoxy) is 6. The minimum atomic E-state index is -1.31. The smallest absolute Gasteiger partial charge is 0.335 e. The van der Waals surface area contributed by atoms with E-state index in [1.54, 1.807) is 0 Å². The molecule has 15 nitrogen and oxygen atoms in total. The van der Waals surface area contributed by atoms with E-state index in [1.165, 1.54) is 49.9 Å². The second kappa shape index (κ2) is 25.8. The third-order valence-electron chi connectivity index (χ3n) is 7.10. The molecule has 2 aromatic rings. The van der Waals surface area contributed by atoms with Gasteiger partial charge in [-0.2, -0.15) is 0 Å². The standard InChI is InChI=1S/C18H36O6.C17H13NO8/c1-2-4-6-8-20-10-12-22-14-16-24-18-17-23-15-13-21-11-9-19-7-5-3-1;19-14(20)9-1-8(2-10(3-9)15(21)22)7-18-13-5-11(16(23)24)4-12(6-13)17(25)26/h1-18H2;1-6,18H,7H2,(H,19,20)(H,21,22)(H,23,24)(H,25,26). The first kappa shape index (κ1) is 42.0. The average molecular weight is 708 g/mol. The first-order chi connectivity index (χ1) is 24.2. The van der Waals surface area contributed by atoms with E-state index in [0.717, 1.165) is 38.2 Å². The number of nitrogens with one attached hydrogen (secondary N) is 1. The van der Waals surface area contributed by atoms with Crippen molar-refractivity contribution in [3.8, 4) is 0 Å². The zero-order valence-electron chi connectivity index (χ0n) is 28.3. The van der Waals surface area contributed by atoms with Crippen LogP contribution in [0.25, 0.3) is 0 Å². The Morgan fingerprint density at radius 2 is 0.700 bits per heavy atom. The molecule has 0 saturated carbocycles. The van der Waals surface area contributed by atoms with Gasteiger partial charge in [-0.05, 0) is 54.8 Å². The van der Waals surface area contributed by atoms with E-state index >= 15 is 0 Å². The first-order valence-corrected chi connectivity index (χ1v) is 16.6. The van der Waals surface area contributed by atoms with Crippen LogP contribution in [0, 0.1) is 0 Å². The van der Waals surface area contributed by atoms with Crippen LogP contribution in [-0.2, 0) is 35.0 Å². The molecule has 15 heteroatoms. The fraction of sp³-hybridized carbons (Fsp3) is 0.543. The maximum Gasteiger partial charge on any atom is 0.335 e. The summed E-state index contributed by atoms with van der Waals surface area (Å²) in [5, 5.41) is 39.0. The van der Waals surface area contributed by atoms with Crippen LogP contribution in [0.2, 0.25) is 0 Å². The summed E-state index contributed by atoms with van der Waals surface area (Å²) in [6.45, 7) is 7.80. The van der Waals surface area contributed by atoms with Gasteiger partial charge in [0.25, 0.3) is 0 Å². The molecule has 0 unspecified atom stereocenters. The minimum absolute atomic E-state index is 0.0382. The second-order valence-electron chi connectivity index (χ2n) is 11.1. The molecule has 3 rings (SSSR count). The number of benzene rings is 2. The monoisotopic (exact) mass is 707 g/mol. The van der Waals surface area contributed by atoms with Crippen molar-refractivity contribution in [3.63, 3.8) is 0 Å². The Kier molecular flexibility index (Phi) is 21.7. The molecule has 0 bridgehead atoms. The molecule has 2 aromatic carbocycles. The van der Waals surface area contributed by atoms with Gasteiger partial charge in [0.05, 0.1) is 88.3 Å².